The van der Waals surface area contributed by atoms with E-state index in [1.54, 1.807) is 22.9 Å². The molecule has 2 aromatic rings. The molecule has 3 rings (SSSR count). The van der Waals surface area contributed by atoms with Crippen LogP contribution in [-0.4, -0.2) is 26.6 Å². The molecular formula is C14H13FN2O2S. The third kappa shape index (κ3) is 2.20. The van der Waals surface area contributed by atoms with E-state index in [9.17, 15) is 14.3 Å². The van der Waals surface area contributed by atoms with Gasteiger partial charge in [-0.2, -0.15) is 5.10 Å². The van der Waals surface area contributed by atoms with Crippen LogP contribution in [0.25, 0.3) is 11.3 Å². The number of halogens is 1. The molecule has 6 heteroatoms. The molecular weight excluding hydrogens is 279 g/mol. The van der Waals surface area contributed by atoms with Gasteiger partial charge in [-0.05, 0) is 30.7 Å². The number of aromatic carboxylic acids is 1. The molecule has 0 fully saturated rings. The van der Waals surface area contributed by atoms with E-state index in [4.69, 9.17) is 0 Å². The van der Waals surface area contributed by atoms with E-state index >= 15 is 0 Å². The van der Waals surface area contributed by atoms with Crippen LogP contribution in [-0.2, 0) is 6.54 Å². The fourth-order valence-electron chi connectivity index (χ4n) is 2.31. The van der Waals surface area contributed by atoms with Crippen LogP contribution in [0.1, 0.15) is 23.2 Å². The number of aryl methyl sites for hydroxylation is 1. The van der Waals surface area contributed by atoms with Gasteiger partial charge in [0.2, 0.25) is 0 Å². The summed E-state index contributed by atoms with van der Waals surface area (Å²) >= 11 is 1.48. The molecule has 1 aromatic heterocycles. The number of thioether (sulfide) groups is 1. The number of aromatic nitrogens is 2. The molecule has 0 saturated carbocycles. The molecule has 0 spiro atoms. The highest BCUT2D eigenvalue weighted by Gasteiger charge is 2.27. The van der Waals surface area contributed by atoms with Gasteiger partial charge in [0.25, 0.3) is 0 Å². The molecule has 0 bridgehead atoms. The van der Waals surface area contributed by atoms with E-state index in [1.165, 1.54) is 17.8 Å². The van der Waals surface area contributed by atoms with Crippen LogP contribution in [0.4, 0.5) is 4.39 Å². The Morgan fingerprint density at radius 2 is 2.15 bits per heavy atom. The van der Waals surface area contributed by atoms with Crippen molar-refractivity contribution in [1.82, 2.24) is 9.78 Å². The molecule has 1 aliphatic heterocycles. The Bertz CT molecular complexity index is 669. The zero-order valence-corrected chi connectivity index (χ0v) is 11.5. The first-order valence-corrected chi connectivity index (χ1v) is 7.39. The van der Waals surface area contributed by atoms with Crippen molar-refractivity contribution in [3.63, 3.8) is 0 Å². The van der Waals surface area contributed by atoms with E-state index < -0.39 is 11.8 Å². The van der Waals surface area contributed by atoms with E-state index in [0.29, 0.717) is 11.6 Å². The van der Waals surface area contributed by atoms with E-state index in [2.05, 4.69) is 5.10 Å². The van der Waals surface area contributed by atoms with Gasteiger partial charge >= 0.3 is 5.97 Å². The van der Waals surface area contributed by atoms with Gasteiger partial charge in [0, 0.05) is 12.1 Å². The molecule has 1 aromatic carbocycles. The lowest BCUT2D eigenvalue weighted by Gasteiger charge is -2.02. The van der Waals surface area contributed by atoms with Crippen LogP contribution < -0.4 is 0 Å². The van der Waals surface area contributed by atoms with E-state index in [1.807, 2.05) is 0 Å². The van der Waals surface area contributed by atoms with Gasteiger partial charge in [-0.15, -0.1) is 11.8 Å². The summed E-state index contributed by atoms with van der Waals surface area (Å²) in [6.07, 6.45) is 1.99. The van der Waals surface area contributed by atoms with Crippen LogP contribution in [0.3, 0.4) is 0 Å². The molecule has 0 unspecified atom stereocenters. The molecule has 0 atom stereocenters. The largest absolute Gasteiger partial charge is 0.478 e. The second-order valence-electron chi connectivity index (χ2n) is 4.59. The average molecular weight is 292 g/mol. The molecule has 4 nitrogen and oxygen atoms in total. The molecule has 1 aliphatic rings. The van der Waals surface area contributed by atoms with Crippen molar-refractivity contribution in [3.8, 4) is 11.3 Å². The Balaban J connectivity index is 2.21. The summed E-state index contributed by atoms with van der Waals surface area (Å²) in [5.41, 5.74) is 0.577. The number of hydrogen-bond donors (Lipinski definition) is 1. The molecule has 0 amide bonds. The van der Waals surface area contributed by atoms with Crippen molar-refractivity contribution in [3.05, 3.63) is 35.6 Å². The normalized spacial score (nSPS) is 14.7. The summed E-state index contributed by atoms with van der Waals surface area (Å²) in [6, 6.07) is 6.14. The smallest absolute Gasteiger partial charge is 0.340 e. The Kier molecular flexibility index (Phi) is 3.48. The first-order valence-electron chi connectivity index (χ1n) is 6.40. The van der Waals surface area contributed by atoms with Crippen molar-refractivity contribution < 1.29 is 14.3 Å². The highest BCUT2D eigenvalue weighted by molar-refractivity contribution is 7.99. The minimum Gasteiger partial charge on any atom is -0.478 e. The minimum atomic E-state index is -1.06. The van der Waals surface area contributed by atoms with Gasteiger partial charge in [-0.1, -0.05) is 12.1 Å². The molecule has 0 saturated heterocycles. The maximum Gasteiger partial charge on any atom is 0.340 e. The number of carboxylic acids is 1. The number of carbonyl (C=O) groups is 1. The van der Waals surface area contributed by atoms with Crippen LogP contribution in [0.2, 0.25) is 0 Å². The number of carboxylic acid groups (broad SMARTS) is 1. The lowest BCUT2D eigenvalue weighted by molar-refractivity contribution is 0.0693. The van der Waals surface area contributed by atoms with Crippen molar-refractivity contribution in [1.29, 1.82) is 0 Å². The third-order valence-corrected chi connectivity index (χ3v) is 4.43. The van der Waals surface area contributed by atoms with Crippen LogP contribution in [0, 0.1) is 5.82 Å². The number of hydrogen-bond acceptors (Lipinski definition) is 3. The zero-order chi connectivity index (χ0) is 14.1. The quantitative estimate of drug-likeness (QED) is 0.923. The summed E-state index contributed by atoms with van der Waals surface area (Å²) in [7, 11) is 0. The SMILES string of the molecule is O=C(O)c1c(-c2ccccc2F)nn2c1SCCCC2. The van der Waals surface area contributed by atoms with Gasteiger partial charge in [0.15, 0.2) is 0 Å². The second kappa shape index (κ2) is 5.28. The third-order valence-electron chi connectivity index (χ3n) is 3.25. The van der Waals surface area contributed by atoms with Crippen LogP contribution in [0.15, 0.2) is 29.3 Å². The molecule has 0 radical (unpaired) electrons. The lowest BCUT2D eigenvalue weighted by atomic mass is 10.1. The summed E-state index contributed by atoms with van der Waals surface area (Å²) in [6.45, 7) is 0.678. The van der Waals surface area contributed by atoms with Gasteiger partial charge < -0.3 is 5.11 Å². The van der Waals surface area contributed by atoms with E-state index in [-0.39, 0.29) is 16.8 Å². The van der Waals surface area contributed by atoms with Gasteiger partial charge in [0.1, 0.15) is 22.1 Å². The topological polar surface area (TPSA) is 55.1 Å². The van der Waals surface area contributed by atoms with Crippen molar-refractivity contribution in [2.45, 2.75) is 24.4 Å². The molecule has 1 N–H and O–H groups in total. The summed E-state index contributed by atoms with van der Waals surface area (Å²) in [5.74, 6) is -0.643. The molecule has 2 heterocycles. The van der Waals surface area contributed by atoms with Crippen LogP contribution >= 0.6 is 11.8 Å². The van der Waals surface area contributed by atoms with Gasteiger partial charge in [-0.3, -0.25) is 4.68 Å². The maximum absolute atomic E-state index is 13.9. The number of rotatable bonds is 2. The molecule has 104 valence electrons. The van der Waals surface area contributed by atoms with Crippen molar-refractivity contribution in [2.75, 3.05) is 5.75 Å². The van der Waals surface area contributed by atoms with Crippen molar-refractivity contribution in [2.24, 2.45) is 0 Å². The maximum atomic E-state index is 13.9. The van der Waals surface area contributed by atoms with Gasteiger partial charge in [-0.25, -0.2) is 9.18 Å². The predicted octanol–water partition coefficient (Wildman–Crippen LogP) is 3.27. The first-order chi connectivity index (χ1) is 9.68. The van der Waals surface area contributed by atoms with Gasteiger partial charge in [0.05, 0.1) is 0 Å². The number of benzene rings is 1. The fraction of sp³-hybridized carbons (Fsp3) is 0.286. The summed E-state index contributed by atoms with van der Waals surface area (Å²) in [4.78, 5) is 11.6. The zero-order valence-electron chi connectivity index (χ0n) is 10.7. The van der Waals surface area contributed by atoms with Crippen molar-refractivity contribution >= 4 is 17.7 Å². The Hall–Kier alpha value is -1.82. The number of nitrogens with zero attached hydrogens (tertiary/aromatic N) is 2. The second-order valence-corrected chi connectivity index (χ2v) is 5.68. The fourth-order valence-corrected chi connectivity index (χ4v) is 3.46. The standard InChI is InChI=1S/C14H13FN2O2S/c15-10-6-2-1-5-9(10)12-11(14(18)19)13-17(16-12)7-3-4-8-20-13/h1-2,5-6H,3-4,7-8H2,(H,18,19). The Labute approximate surface area is 119 Å². The summed E-state index contributed by atoms with van der Waals surface area (Å²) in [5, 5.41) is 14.4. The lowest BCUT2D eigenvalue weighted by Crippen LogP contribution is -2.01. The molecule has 20 heavy (non-hydrogen) atoms. The minimum absolute atomic E-state index is 0.113. The Morgan fingerprint density at radius 1 is 1.35 bits per heavy atom. The summed E-state index contributed by atoms with van der Waals surface area (Å²) < 4.78 is 15.6. The monoisotopic (exact) mass is 292 g/mol. The van der Waals surface area contributed by atoms with E-state index in [0.717, 1.165) is 18.6 Å². The highest BCUT2D eigenvalue weighted by atomic mass is 32.2. The Morgan fingerprint density at radius 3 is 2.90 bits per heavy atom. The number of fused-ring (bicyclic) bond motifs is 1. The molecule has 0 aliphatic carbocycles. The highest BCUT2D eigenvalue weighted by Crippen LogP contribution is 2.35. The van der Waals surface area contributed by atoms with Crippen LogP contribution in [0.5, 0.6) is 0 Å². The predicted molar refractivity (Wildman–Crippen MR) is 74.5 cm³/mol. The average Bonchev–Trinajstić information content (AvgIpc) is 2.63. The first kappa shape index (κ1) is 13.2.